The minimum atomic E-state index is -3.77. The Kier molecular flexibility index (Phi) is 8.03. The first-order chi connectivity index (χ1) is 15.4. The third-order valence-corrected chi connectivity index (χ3v) is 7.11. The van der Waals surface area contributed by atoms with Crippen molar-refractivity contribution >= 4 is 15.9 Å². The summed E-state index contributed by atoms with van der Waals surface area (Å²) in [5.41, 5.74) is 2.35. The third kappa shape index (κ3) is 5.96. The summed E-state index contributed by atoms with van der Waals surface area (Å²) in [7, 11) is -0.857. The first-order valence-electron chi connectivity index (χ1n) is 10.4. The predicted octanol–water partition coefficient (Wildman–Crippen LogP) is 3.65. The molecule has 0 saturated heterocycles. The largest absolute Gasteiger partial charge is 0.497 e. The summed E-state index contributed by atoms with van der Waals surface area (Å²) in [6.07, 6.45) is 0.703. The van der Waals surface area contributed by atoms with E-state index in [-0.39, 0.29) is 23.3 Å². The number of nitrogens with one attached hydrogen (secondary N) is 1. The van der Waals surface area contributed by atoms with Crippen molar-refractivity contribution in [3.05, 3.63) is 96.1 Å². The summed E-state index contributed by atoms with van der Waals surface area (Å²) in [6.45, 7) is 0.180. The van der Waals surface area contributed by atoms with Crippen LogP contribution in [0.15, 0.2) is 89.8 Å². The molecule has 0 atom stereocenters. The van der Waals surface area contributed by atoms with Gasteiger partial charge in [0.15, 0.2) is 0 Å². The van der Waals surface area contributed by atoms with Crippen LogP contribution in [0, 0.1) is 0 Å². The molecule has 3 aromatic rings. The number of rotatable bonds is 10. The van der Waals surface area contributed by atoms with E-state index in [1.165, 1.54) is 37.4 Å². The summed E-state index contributed by atoms with van der Waals surface area (Å²) in [4.78, 5) is 12.6. The smallest absolute Gasteiger partial charge is 0.243 e. The van der Waals surface area contributed by atoms with Gasteiger partial charge in [0.25, 0.3) is 0 Å². The van der Waals surface area contributed by atoms with E-state index < -0.39 is 10.0 Å². The number of carbonyl (C=O) groups is 1. The van der Waals surface area contributed by atoms with Crippen molar-refractivity contribution in [2.24, 2.45) is 0 Å². The molecular formula is C25H28N2O4S. The van der Waals surface area contributed by atoms with E-state index in [1.54, 1.807) is 12.1 Å². The molecule has 0 aliphatic heterocycles. The number of carbonyl (C=O) groups excluding carboxylic acids is 1. The van der Waals surface area contributed by atoms with Gasteiger partial charge in [-0.1, -0.05) is 60.7 Å². The Balaban J connectivity index is 1.59. The molecule has 1 amide bonds. The van der Waals surface area contributed by atoms with Gasteiger partial charge in [-0.3, -0.25) is 4.79 Å². The van der Waals surface area contributed by atoms with E-state index in [0.29, 0.717) is 18.7 Å². The van der Waals surface area contributed by atoms with Gasteiger partial charge in [-0.25, -0.2) is 8.42 Å². The van der Waals surface area contributed by atoms with Gasteiger partial charge in [-0.15, -0.1) is 0 Å². The molecule has 3 rings (SSSR count). The van der Waals surface area contributed by atoms with Crippen molar-refractivity contribution in [1.82, 2.24) is 9.62 Å². The molecule has 1 N–H and O–H groups in total. The number of nitrogens with zero attached hydrogens (tertiary/aromatic N) is 1. The number of ether oxygens (including phenoxy) is 1. The third-order valence-electron chi connectivity index (χ3n) is 5.29. The fourth-order valence-electron chi connectivity index (χ4n) is 3.52. The van der Waals surface area contributed by atoms with Crippen LogP contribution in [0.25, 0.3) is 0 Å². The van der Waals surface area contributed by atoms with E-state index >= 15 is 0 Å². The molecule has 0 spiro atoms. The zero-order chi connectivity index (χ0) is 23.0. The minimum Gasteiger partial charge on any atom is -0.497 e. The highest BCUT2D eigenvalue weighted by atomic mass is 32.2. The van der Waals surface area contributed by atoms with Crippen LogP contribution in [0.5, 0.6) is 5.75 Å². The van der Waals surface area contributed by atoms with Crippen molar-refractivity contribution in [2.75, 3.05) is 27.2 Å². The first kappa shape index (κ1) is 23.5. The van der Waals surface area contributed by atoms with Crippen molar-refractivity contribution in [1.29, 1.82) is 0 Å². The summed E-state index contributed by atoms with van der Waals surface area (Å²) >= 11 is 0. The number of likely N-dealkylation sites (N-methyl/N-ethyl adjacent to an activating group) is 1. The molecule has 6 nitrogen and oxygen atoms in total. The molecule has 0 fully saturated rings. The molecule has 0 saturated carbocycles. The topological polar surface area (TPSA) is 75.7 Å². The van der Waals surface area contributed by atoms with E-state index in [4.69, 9.17) is 4.74 Å². The van der Waals surface area contributed by atoms with E-state index in [1.807, 2.05) is 36.4 Å². The van der Waals surface area contributed by atoms with Crippen LogP contribution < -0.4 is 10.1 Å². The number of sulfonamides is 1. The van der Waals surface area contributed by atoms with Gasteiger partial charge in [0, 0.05) is 19.5 Å². The molecule has 7 heteroatoms. The van der Waals surface area contributed by atoms with Gasteiger partial charge in [-0.2, -0.15) is 4.31 Å². The minimum absolute atomic E-state index is 0.113. The van der Waals surface area contributed by atoms with Crippen LogP contribution in [-0.4, -0.2) is 45.9 Å². The average molecular weight is 453 g/mol. The number of benzene rings is 3. The van der Waals surface area contributed by atoms with Gasteiger partial charge >= 0.3 is 0 Å². The van der Waals surface area contributed by atoms with Crippen LogP contribution in [-0.2, 0) is 14.8 Å². The number of amides is 1. The summed E-state index contributed by atoms with van der Waals surface area (Å²) in [6, 6.07) is 26.4. The lowest BCUT2D eigenvalue weighted by atomic mass is 9.88. The Morgan fingerprint density at radius 3 is 1.94 bits per heavy atom. The SMILES string of the molecule is COc1ccc(S(=O)(=O)N(C)CC(=O)NCCC(c2ccccc2)c2ccccc2)cc1. The van der Waals surface area contributed by atoms with Gasteiger partial charge in [-0.05, 0) is 41.8 Å². The zero-order valence-electron chi connectivity index (χ0n) is 18.3. The van der Waals surface area contributed by atoms with E-state index in [0.717, 1.165) is 4.31 Å². The summed E-state index contributed by atoms with van der Waals surface area (Å²) < 4.78 is 31.6. The predicted molar refractivity (Wildman–Crippen MR) is 125 cm³/mol. The second kappa shape index (κ2) is 10.9. The lowest BCUT2D eigenvalue weighted by Crippen LogP contribution is -2.38. The van der Waals surface area contributed by atoms with Gasteiger partial charge in [0.1, 0.15) is 5.75 Å². The van der Waals surface area contributed by atoms with Crippen LogP contribution in [0.2, 0.25) is 0 Å². The highest BCUT2D eigenvalue weighted by Gasteiger charge is 2.23. The van der Waals surface area contributed by atoms with E-state index in [9.17, 15) is 13.2 Å². The number of hydrogen-bond acceptors (Lipinski definition) is 4. The molecule has 0 bridgehead atoms. The number of methoxy groups -OCH3 is 1. The Bertz CT molecular complexity index is 1060. The second-order valence-corrected chi connectivity index (χ2v) is 9.49. The second-order valence-electron chi connectivity index (χ2n) is 7.45. The number of hydrogen-bond donors (Lipinski definition) is 1. The molecular weight excluding hydrogens is 424 g/mol. The fourth-order valence-corrected chi connectivity index (χ4v) is 4.65. The van der Waals surface area contributed by atoms with Crippen LogP contribution in [0.1, 0.15) is 23.5 Å². The monoisotopic (exact) mass is 452 g/mol. The van der Waals surface area contributed by atoms with Gasteiger partial charge in [0.05, 0.1) is 18.6 Å². The quantitative estimate of drug-likeness (QED) is 0.509. The molecule has 0 aliphatic rings. The maximum absolute atomic E-state index is 12.7. The van der Waals surface area contributed by atoms with Crippen molar-refractivity contribution in [3.63, 3.8) is 0 Å². The highest BCUT2D eigenvalue weighted by molar-refractivity contribution is 7.89. The molecule has 0 heterocycles. The standard InChI is InChI=1S/C25H28N2O4S/c1-27(32(29,30)23-15-13-22(31-2)14-16-23)19-25(28)26-18-17-24(20-9-5-3-6-10-20)21-11-7-4-8-12-21/h3-16,24H,17-19H2,1-2H3,(H,26,28). The summed E-state index contributed by atoms with van der Waals surface area (Å²) in [5.74, 6) is 0.360. The Morgan fingerprint density at radius 2 is 1.44 bits per heavy atom. The maximum Gasteiger partial charge on any atom is 0.243 e. The molecule has 0 unspecified atom stereocenters. The average Bonchev–Trinajstić information content (AvgIpc) is 2.83. The maximum atomic E-state index is 12.7. The first-order valence-corrected chi connectivity index (χ1v) is 11.8. The van der Waals surface area contributed by atoms with Crippen LogP contribution in [0.4, 0.5) is 0 Å². The van der Waals surface area contributed by atoms with E-state index in [2.05, 4.69) is 29.6 Å². The van der Waals surface area contributed by atoms with Gasteiger partial charge < -0.3 is 10.1 Å². The van der Waals surface area contributed by atoms with Gasteiger partial charge in [0.2, 0.25) is 15.9 Å². The normalized spacial score (nSPS) is 11.5. The van der Waals surface area contributed by atoms with Crippen molar-refractivity contribution < 1.29 is 17.9 Å². The molecule has 3 aromatic carbocycles. The Labute approximate surface area is 189 Å². The Morgan fingerprint density at radius 1 is 0.906 bits per heavy atom. The summed E-state index contributed by atoms with van der Waals surface area (Å²) in [5, 5.41) is 2.86. The van der Waals surface area contributed by atoms with Crippen molar-refractivity contribution in [3.8, 4) is 5.75 Å². The Hall–Kier alpha value is -3.16. The molecule has 0 aromatic heterocycles. The van der Waals surface area contributed by atoms with Crippen LogP contribution in [0.3, 0.4) is 0 Å². The van der Waals surface area contributed by atoms with Crippen LogP contribution >= 0.6 is 0 Å². The zero-order valence-corrected chi connectivity index (χ0v) is 19.1. The molecule has 168 valence electrons. The lowest BCUT2D eigenvalue weighted by Gasteiger charge is -2.20. The van der Waals surface area contributed by atoms with Crippen molar-refractivity contribution in [2.45, 2.75) is 17.2 Å². The molecule has 0 radical (unpaired) electrons. The fraction of sp³-hybridized carbons (Fsp3) is 0.240. The lowest BCUT2D eigenvalue weighted by molar-refractivity contribution is -0.121. The molecule has 32 heavy (non-hydrogen) atoms. The molecule has 0 aliphatic carbocycles. The highest BCUT2D eigenvalue weighted by Crippen LogP contribution is 2.27.